The molecule has 10 nitrogen and oxygen atoms in total. The van der Waals surface area contributed by atoms with Crippen LogP contribution in [0.3, 0.4) is 0 Å². The summed E-state index contributed by atoms with van der Waals surface area (Å²) >= 11 is 0. The molecule has 0 aliphatic carbocycles. The zero-order valence-corrected chi connectivity index (χ0v) is 16.7. The average Bonchev–Trinajstić information content (AvgIpc) is 3.24. The molecule has 0 bridgehead atoms. The van der Waals surface area contributed by atoms with Crippen molar-refractivity contribution in [1.82, 2.24) is 24.7 Å². The zero-order chi connectivity index (χ0) is 21.7. The van der Waals surface area contributed by atoms with Gasteiger partial charge >= 0.3 is 0 Å². The van der Waals surface area contributed by atoms with E-state index in [0.717, 1.165) is 12.5 Å². The molecule has 3 heterocycles. The molecule has 0 saturated carbocycles. The first-order valence-electron chi connectivity index (χ1n) is 9.42. The monoisotopic (exact) mass is 413 g/mol. The van der Waals surface area contributed by atoms with Crippen LogP contribution in [-0.4, -0.2) is 43.2 Å². The lowest BCUT2D eigenvalue weighted by Crippen LogP contribution is -2.31. The molecule has 3 rings (SSSR count). The lowest BCUT2D eigenvalue weighted by atomic mass is 10.0. The van der Waals surface area contributed by atoms with Crippen LogP contribution in [0.4, 0.5) is 21.7 Å². The van der Waals surface area contributed by atoms with Crippen LogP contribution in [0.5, 0.6) is 0 Å². The van der Waals surface area contributed by atoms with Crippen LogP contribution in [-0.2, 0) is 0 Å². The fraction of sp³-hybridized carbons (Fsp3) is 0.316. The first-order chi connectivity index (χ1) is 14.4. The molecule has 0 spiro atoms. The Morgan fingerprint density at radius 1 is 1.30 bits per heavy atom. The minimum Gasteiger partial charge on any atom is -0.365 e. The maximum Gasteiger partial charge on any atom is 0.252 e. The summed E-state index contributed by atoms with van der Waals surface area (Å²) in [5.74, 6) is -0.526. The number of pyridine rings is 2. The van der Waals surface area contributed by atoms with E-state index >= 15 is 0 Å². The third-order valence-electron chi connectivity index (χ3n) is 4.28. The number of halogens is 1. The van der Waals surface area contributed by atoms with E-state index in [-0.39, 0.29) is 23.2 Å². The van der Waals surface area contributed by atoms with E-state index in [2.05, 4.69) is 30.7 Å². The van der Waals surface area contributed by atoms with E-state index < -0.39 is 11.7 Å². The molecule has 0 aliphatic heterocycles. The number of hydrogen-bond donors (Lipinski definition) is 4. The van der Waals surface area contributed by atoms with Crippen LogP contribution >= 0.6 is 0 Å². The molecule has 3 aromatic rings. The Bertz CT molecular complexity index is 1010. The maximum atomic E-state index is 14.6. The number of rotatable bonds is 9. The van der Waals surface area contributed by atoms with Crippen molar-refractivity contribution in [3.63, 3.8) is 0 Å². The largest absolute Gasteiger partial charge is 0.365 e. The van der Waals surface area contributed by atoms with Gasteiger partial charge in [0.1, 0.15) is 18.5 Å². The highest BCUT2D eigenvalue weighted by Gasteiger charge is 2.19. The predicted molar refractivity (Wildman–Crippen MR) is 111 cm³/mol. The fourth-order valence-corrected chi connectivity index (χ4v) is 2.93. The number of anilines is 3. The van der Waals surface area contributed by atoms with Crippen molar-refractivity contribution < 1.29 is 9.18 Å². The fourth-order valence-electron chi connectivity index (χ4n) is 2.93. The Balaban J connectivity index is 1.93. The SMILES string of the molecule is CC(C)CC(CN)Nc1nc(Nc2ccnc(-n3cncn3)c2)c(C(N)=O)cc1F. The molecule has 1 unspecified atom stereocenters. The Hall–Kier alpha value is -3.60. The maximum absolute atomic E-state index is 14.6. The Kier molecular flexibility index (Phi) is 6.52. The molecule has 0 saturated heterocycles. The summed E-state index contributed by atoms with van der Waals surface area (Å²) in [4.78, 5) is 24.2. The number of nitrogens with zero attached hydrogens (tertiary/aromatic N) is 5. The van der Waals surface area contributed by atoms with Crippen molar-refractivity contribution in [2.75, 3.05) is 17.2 Å². The third kappa shape index (κ3) is 5.06. The van der Waals surface area contributed by atoms with Gasteiger partial charge in [-0.25, -0.2) is 24.0 Å². The molecule has 0 radical (unpaired) electrons. The van der Waals surface area contributed by atoms with Crippen molar-refractivity contribution in [3.05, 3.63) is 48.4 Å². The topological polar surface area (TPSA) is 150 Å². The highest BCUT2D eigenvalue weighted by Crippen LogP contribution is 2.25. The number of carbonyl (C=O) groups excluding carboxylic acids is 1. The van der Waals surface area contributed by atoms with E-state index in [4.69, 9.17) is 11.5 Å². The molecular formula is C19H24FN9O. The van der Waals surface area contributed by atoms with Crippen molar-refractivity contribution in [3.8, 4) is 5.82 Å². The zero-order valence-electron chi connectivity index (χ0n) is 16.7. The summed E-state index contributed by atoms with van der Waals surface area (Å²) in [5.41, 5.74) is 11.7. The van der Waals surface area contributed by atoms with Crippen LogP contribution in [0.2, 0.25) is 0 Å². The number of primary amides is 1. The molecule has 1 amide bonds. The van der Waals surface area contributed by atoms with Crippen LogP contribution in [0.15, 0.2) is 37.1 Å². The lowest BCUT2D eigenvalue weighted by Gasteiger charge is -2.21. The normalized spacial score (nSPS) is 12.0. The van der Waals surface area contributed by atoms with Crippen molar-refractivity contribution >= 4 is 23.2 Å². The number of nitrogens with one attached hydrogen (secondary N) is 2. The van der Waals surface area contributed by atoms with Crippen LogP contribution in [0.25, 0.3) is 5.82 Å². The van der Waals surface area contributed by atoms with Gasteiger partial charge in [-0.2, -0.15) is 5.10 Å². The summed E-state index contributed by atoms with van der Waals surface area (Å²) in [6.07, 6.45) is 5.18. The Morgan fingerprint density at radius 3 is 2.73 bits per heavy atom. The summed E-state index contributed by atoms with van der Waals surface area (Å²) in [7, 11) is 0. The minimum absolute atomic E-state index is 0.0100. The Morgan fingerprint density at radius 2 is 2.10 bits per heavy atom. The van der Waals surface area contributed by atoms with E-state index in [0.29, 0.717) is 24.0 Å². The number of nitrogens with two attached hydrogens (primary N) is 2. The van der Waals surface area contributed by atoms with Crippen molar-refractivity contribution in [2.45, 2.75) is 26.3 Å². The van der Waals surface area contributed by atoms with Gasteiger partial charge in [0.2, 0.25) is 0 Å². The number of carbonyl (C=O) groups is 1. The highest BCUT2D eigenvalue weighted by molar-refractivity contribution is 5.98. The molecular weight excluding hydrogens is 389 g/mol. The van der Waals surface area contributed by atoms with Gasteiger partial charge in [-0.15, -0.1) is 0 Å². The van der Waals surface area contributed by atoms with Gasteiger partial charge in [-0.1, -0.05) is 13.8 Å². The highest BCUT2D eigenvalue weighted by atomic mass is 19.1. The summed E-state index contributed by atoms with van der Waals surface area (Å²) in [6, 6.07) is 4.24. The van der Waals surface area contributed by atoms with Gasteiger partial charge in [-0.3, -0.25) is 4.79 Å². The van der Waals surface area contributed by atoms with Crippen LogP contribution in [0.1, 0.15) is 30.6 Å². The van der Waals surface area contributed by atoms with Gasteiger partial charge in [0, 0.05) is 30.5 Å². The second-order valence-electron chi connectivity index (χ2n) is 7.15. The van der Waals surface area contributed by atoms with E-state index in [9.17, 15) is 9.18 Å². The van der Waals surface area contributed by atoms with Gasteiger partial charge in [0.15, 0.2) is 17.5 Å². The summed E-state index contributed by atoms with van der Waals surface area (Å²) < 4.78 is 16.1. The molecule has 1 atom stereocenters. The second kappa shape index (κ2) is 9.27. The smallest absolute Gasteiger partial charge is 0.252 e. The van der Waals surface area contributed by atoms with Gasteiger partial charge in [-0.05, 0) is 24.5 Å². The molecule has 0 fully saturated rings. The number of aromatic nitrogens is 5. The quantitative estimate of drug-likeness (QED) is 0.415. The summed E-state index contributed by atoms with van der Waals surface area (Å²) in [6.45, 7) is 4.41. The molecule has 11 heteroatoms. The molecule has 0 aliphatic rings. The Labute approximate surface area is 172 Å². The van der Waals surface area contributed by atoms with E-state index in [1.54, 1.807) is 18.3 Å². The van der Waals surface area contributed by atoms with Gasteiger partial charge in [0.25, 0.3) is 5.91 Å². The molecule has 3 aromatic heterocycles. The van der Waals surface area contributed by atoms with E-state index in [1.165, 1.54) is 17.3 Å². The number of amides is 1. The first-order valence-corrected chi connectivity index (χ1v) is 9.42. The van der Waals surface area contributed by atoms with Crippen LogP contribution in [0, 0.1) is 11.7 Å². The van der Waals surface area contributed by atoms with Crippen LogP contribution < -0.4 is 22.1 Å². The summed E-state index contributed by atoms with van der Waals surface area (Å²) in [5, 5.41) is 10.0. The minimum atomic E-state index is -0.807. The molecule has 158 valence electrons. The van der Waals surface area contributed by atoms with Gasteiger partial charge < -0.3 is 22.1 Å². The standard InChI is InChI=1S/C19H24FN9O/c1-11(2)5-13(8-21)27-19-15(20)7-14(17(22)30)18(28-19)26-12-3-4-24-16(6-12)29-10-23-9-25-29/h3-4,6-7,9-11,13H,5,8,21H2,1-2H3,(H2,22,30)(H2,24,26,27,28). The number of hydrogen-bond acceptors (Lipinski definition) is 8. The predicted octanol–water partition coefficient (Wildman–Crippen LogP) is 1.82. The lowest BCUT2D eigenvalue weighted by molar-refractivity contribution is 0.100. The van der Waals surface area contributed by atoms with E-state index in [1.807, 2.05) is 13.8 Å². The van der Waals surface area contributed by atoms with Crippen molar-refractivity contribution in [2.24, 2.45) is 17.4 Å². The molecule has 6 N–H and O–H groups in total. The third-order valence-corrected chi connectivity index (χ3v) is 4.28. The molecule has 30 heavy (non-hydrogen) atoms. The van der Waals surface area contributed by atoms with Crippen molar-refractivity contribution in [1.29, 1.82) is 0 Å². The second-order valence-corrected chi connectivity index (χ2v) is 7.15. The first kappa shape index (κ1) is 21.1. The average molecular weight is 413 g/mol. The van der Waals surface area contributed by atoms with Gasteiger partial charge in [0.05, 0.1) is 5.56 Å². The molecule has 0 aromatic carbocycles.